The molecule has 0 saturated carbocycles. The molecule has 2 rings (SSSR count). The number of carbonyl (C=O) groups is 1. The van der Waals surface area contributed by atoms with Crippen molar-refractivity contribution in [3.05, 3.63) is 29.8 Å². The maximum absolute atomic E-state index is 12.2. The van der Waals surface area contributed by atoms with Crippen molar-refractivity contribution in [1.29, 1.82) is 5.26 Å². The van der Waals surface area contributed by atoms with Gasteiger partial charge in [-0.3, -0.25) is 4.79 Å². The summed E-state index contributed by atoms with van der Waals surface area (Å²) in [4.78, 5) is 13.6. The fourth-order valence-electron chi connectivity index (χ4n) is 2.15. The Kier molecular flexibility index (Phi) is 3.58. The lowest BCUT2D eigenvalue weighted by Crippen LogP contribution is -2.33. The fourth-order valence-corrected chi connectivity index (χ4v) is 3.88. The van der Waals surface area contributed by atoms with Gasteiger partial charge in [0.1, 0.15) is 0 Å². The summed E-state index contributed by atoms with van der Waals surface area (Å²) in [7, 11) is -1.44. The highest BCUT2D eigenvalue weighted by Gasteiger charge is 2.34. The molecular weight excluding hydrogens is 264 g/mol. The van der Waals surface area contributed by atoms with E-state index >= 15 is 0 Å². The van der Waals surface area contributed by atoms with Crippen molar-refractivity contribution >= 4 is 21.4 Å². The molecule has 100 valence electrons. The number of rotatable bonds is 2. The predicted octanol–water partition coefficient (Wildman–Crippen LogP) is 0.956. The van der Waals surface area contributed by atoms with Crippen LogP contribution in [0.1, 0.15) is 12.0 Å². The van der Waals surface area contributed by atoms with Gasteiger partial charge in [0, 0.05) is 12.7 Å². The molecule has 1 atom stereocenters. The Bertz CT molecular complexity index is 629. The van der Waals surface area contributed by atoms with Gasteiger partial charge in [0.2, 0.25) is 5.91 Å². The third-order valence-electron chi connectivity index (χ3n) is 3.30. The Morgan fingerprint density at radius 1 is 1.37 bits per heavy atom. The second-order valence-electron chi connectivity index (χ2n) is 4.66. The third kappa shape index (κ3) is 2.93. The molecule has 1 saturated heterocycles. The van der Waals surface area contributed by atoms with Gasteiger partial charge in [0.25, 0.3) is 0 Å². The maximum Gasteiger partial charge on any atom is 0.230 e. The minimum Gasteiger partial charge on any atom is -0.315 e. The van der Waals surface area contributed by atoms with Crippen LogP contribution in [0, 0.1) is 17.2 Å². The Morgan fingerprint density at radius 2 is 2.00 bits per heavy atom. The number of hydrogen-bond acceptors (Lipinski definition) is 4. The molecule has 1 aliphatic heterocycles. The molecule has 1 aromatic rings. The summed E-state index contributed by atoms with van der Waals surface area (Å²) in [5.41, 5.74) is 1.18. The standard InChI is InChI=1S/C13H14N2O3S/c1-15(12-4-2-10(8-14)3-5-12)13(16)11-6-7-19(17,18)9-11/h2-5,11H,6-7,9H2,1H3. The first-order chi connectivity index (χ1) is 8.93. The van der Waals surface area contributed by atoms with Crippen LogP contribution in [-0.4, -0.2) is 32.9 Å². The molecule has 0 N–H and O–H groups in total. The quantitative estimate of drug-likeness (QED) is 0.807. The maximum atomic E-state index is 12.2. The fraction of sp³-hybridized carbons (Fsp3) is 0.385. The topological polar surface area (TPSA) is 78.2 Å². The summed E-state index contributed by atoms with van der Waals surface area (Å²) in [5, 5.41) is 8.71. The number of nitriles is 1. The van der Waals surface area contributed by atoms with Crippen molar-refractivity contribution in [3.8, 4) is 6.07 Å². The summed E-state index contributed by atoms with van der Waals surface area (Å²) < 4.78 is 22.8. The number of hydrogen-bond donors (Lipinski definition) is 0. The minimum atomic E-state index is -3.06. The van der Waals surface area contributed by atoms with Crippen LogP contribution in [0.5, 0.6) is 0 Å². The van der Waals surface area contributed by atoms with Crippen LogP contribution in [0.4, 0.5) is 5.69 Å². The molecule has 5 nitrogen and oxygen atoms in total. The second-order valence-corrected chi connectivity index (χ2v) is 6.88. The Labute approximate surface area is 112 Å². The molecule has 1 amide bonds. The van der Waals surface area contributed by atoms with E-state index in [0.29, 0.717) is 17.7 Å². The van der Waals surface area contributed by atoms with Gasteiger partial charge in [-0.25, -0.2) is 8.42 Å². The van der Waals surface area contributed by atoms with Gasteiger partial charge in [0.15, 0.2) is 9.84 Å². The van der Waals surface area contributed by atoms with Crippen LogP contribution in [0.25, 0.3) is 0 Å². The molecule has 0 aliphatic carbocycles. The number of sulfone groups is 1. The van der Waals surface area contributed by atoms with Gasteiger partial charge < -0.3 is 4.90 Å². The van der Waals surface area contributed by atoms with Gasteiger partial charge in [-0.05, 0) is 30.7 Å². The van der Waals surface area contributed by atoms with Crippen molar-refractivity contribution < 1.29 is 13.2 Å². The first kappa shape index (κ1) is 13.6. The SMILES string of the molecule is CN(C(=O)C1CCS(=O)(=O)C1)c1ccc(C#N)cc1. The van der Waals surface area contributed by atoms with E-state index < -0.39 is 15.8 Å². The van der Waals surface area contributed by atoms with Gasteiger partial charge in [-0.1, -0.05) is 0 Å². The molecule has 19 heavy (non-hydrogen) atoms. The lowest BCUT2D eigenvalue weighted by Gasteiger charge is -2.20. The van der Waals surface area contributed by atoms with E-state index in [1.165, 1.54) is 4.90 Å². The van der Waals surface area contributed by atoms with Gasteiger partial charge in [-0.2, -0.15) is 5.26 Å². The zero-order valence-corrected chi connectivity index (χ0v) is 11.4. The van der Waals surface area contributed by atoms with Gasteiger partial charge in [-0.15, -0.1) is 0 Å². The lowest BCUT2D eigenvalue weighted by atomic mass is 10.1. The van der Waals surface area contributed by atoms with Crippen molar-refractivity contribution in [3.63, 3.8) is 0 Å². The van der Waals surface area contributed by atoms with Crippen LogP contribution < -0.4 is 4.90 Å². The van der Waals surface area contributed by atoms with Crippen molar-refractivity contribution in [2.45, 2.75) is 6.42 Å². The van der Waals surface area contributed by atoms with Crippen LogP contribution in [0.3, 0.4) is 0 Å². The molecule has 1 heterocycles. The van der Waals surface area contributed by atoms with Crippen LogP contribution >= 0.6 is 0 Å². The number of amides is 1. The molecule has 6 heteroatoms. The second kappa shape index (κ2) is 5.02. The van der Waals surface area contributed by atoms with E-state index in [2.05, 4.69) is 0 Å². The van der Waals surface area contributed by atoms with E-state index in [1.54, 1.807) is 31.3 Å². The Hall–Kier alpha value is -1.87. The number of carbonyl (C=O) groups excluding carboxylic acids is 1. The van der Waals surface area contributed by atoms with E-state index in [-0.39, 0.29) is 17.4 Å². The Balaban J connectivity index is 2.13. The van der Waals surface area contributed by atoms with E-state index in [9.17, 15) is 13.2 Å². The van der Waals surface area contributed by atoms with E-state index in [0.717, 1.165) is 0 Å². The molecule has 0 bridgehead atoms. The van der Waals surface area contributed by atoms with Crippen LogP contribution in [-0.2, 0) is 14.6 Å². The number of benzene rings is 1. The number of nitrogens with zero attached hydrogens (tertiary/aromatic N) is 2. The molecule has 1 aliphatic rings. The van der Waals surface area contributed by atoms with Crippen molar-refractivity contribution in [1.82, 2.24) is 0 Å². The van der Waals surface area contributed by atoms with Crippen LogP contribution in [0.15, 0.2) is 24.3 Å². The first-order valence-electron chi connectivity index (χ1n) is 5.91. The number of anilines is 1. The van der Waals surface area contributed by atoms with E-state index in [4.69, 9.17) is 5.26 Å². The average molecular weight is 278 g/mol. The van der Waals surface area contributed by atoms with Crippen molar-refractivity contribution in [2.75, 3.05) is 23.5 Å². The minimum absolute atomic E-state index is 0.0630. The highest BCUT2D eigenvalue weighted by molar-refractivity contribution is 7.91. The summed E-state index contributed by atoms with van der Waals surface area (Å²) in [6, 6.07) is 8.63. The summed E-state index contributed by atoms with van der Waals surface area (Å²) in [6.07, 6.45) is 0.391. The average Bonchev–Trinajstić information content (AvgIpc) is 2.77. The lowest BCUT2D eigenvalue weighted by molar-refractivity contribution is -0.121. The predicted molar refractivity (Wildman–Crippen MR) is 71.3 cm³/mol. The highest BCUT2D eigenvalue weighted by atomic mass is 32.2. The normalized spacial score (nSPS) is 20.7. The summed E-state index contributed by atoms with van der Waals surface area (Å²) in [6.45, 7) is 0. The highest BCUT2D eigenvalue weighted by Crippen LogP contribution is 2.23. The third-order valence-corrected chi connectivity index (χ3v) is 5.06. The van der Waals surface area contributed by atoms with Crippen molar-refractivity contribution in [2.24, 2.45) is 5.92 Å². The van der Waals surface area contributed by atoms with E-state index in [1.807, 2.05) is 6.07 Å². The van der Waals surface area contributed by atoms with Crippen LogP contribution in [0.2, 0.25) is 0 Å². The molecule has 1 fully saturated rings. The molecule has 1 unspecified atom stereocenters. The zero-order valence-electron chi connectivity index (χ0n) is 10.5. The Morgan fingerprint density at radius 3 is 2.47 bits per heavy atom. The first-order valence-corrected chi connectivity index (χ1v) is 7.73. The molecule has 0 radical (unpaired) electrons. The summed E-state index contributed by atoms with van der Waals surface area (Å²) in [5.74, 6) is -0.617. The molecular formula is C13H14N2O3S. The smallest absolute Gasteiger partial charge is 0.230 e. The molecule has 0 spiro atoms. The largest absolute Gasteiger partial charge is 0.315 e. The summed E-state index contributed by atoms with van der Waals surface area (Å²) >= 11 is 0. The van der Waals surface area contributed by atoms with Gasteiger partial charge >= 0.3 is 0 Å². The zero-order chi connectivity index (χ0) is 14.0. The molecule has 0 aromatic heterocycles. The molecule has 1 aromatic carbocycles. The van der Waals surface area contributed by atoms with Gasteiger partial charge in [0.05, 0.1) is 29.1 Å². The monoisotopic (exact) mass is 278 g/mol.